The van der Waals surface area contributed by atoms with Crippen molar-refractivity contribution >= 4 is 22.3 Å². The number of nitrogens with zero attached hydrogens (tertiary/aromatic N) is 2. The van der Waals surface area contributed by atoms with E-state index >= 15 is 0 Å². The predicted molar refractivity (Wildman–Crippen MR) is 109 cm³/mol. The van der Waals surface area contributed by atoms with Gasteiger partial charge in [0.2, 0.25) is 12.9 Å². The molecular weight excluding hydrogens is 538 g/mol. The normalized spacial score (nSPS) is 17.9. The molecule has 1 aromatic rings. The van der Waals surface area contributed by atoms with Gasteiger partial charge in [0.25, 0.3) is 6.67 Å². The van der Waals surface area contributed by atoms with Crippen LogP contribution in [-0.4, -0.2) is 66.8 Å². The van der Waals surface area contributed by atoms with Gasteiger partial charge < -0.3 is 14.6 Å². The van der Waals surface area contributed by atoms with Crippen molar-refractivity contribution in [3.63, 3.8) is 0 Å². The predicted octanol–water partition coefficient (Wildman–Crippen LogP) is 4.21. The Bertz CT molecular complexity index is 1050. The van der Waals surface area contributed by atoms with E-state index < -0.39 is 62.6 Å². The van der Waals surface area contributed by atoms with Crippen LogP contribution in [0.3, 0.4) is 0 Å². The second kappa shape index (κ2) is 9.64. The number of rotatable bonds is 11. The molecule has 0 fully saturated rings. The van der Waals surface area contributed by atoms with Gasteiger partial charge in [0.15, 0.2) is 4.87 Å². The molecular formula is C18H22F8N3O6S+. The van der Waals surface area contributed by atoms with Gasteiger partial charge in [-0.2, -0.15) is 18.0 Å². The molecule has 18 heteroatoms. The molecule has 0 amide bonds. The SMILES string of the molecule is CCc1cc(S(F)(F)(F)(F)F)cc2c1OC(C(F)(F)F)C(C(=O)OCON[N+](=O)CN(C)CCO)=C2. The lowest BCUT2D eigenvalue weighted by Crippen LogP contribution is -2.41. The Hall–Kier alpha value is -2.70. The number of carbonyl (C=O) groups excluding carboxylic acids is 1. The van der Waals surface area contributed by atoms with Crippen molar-refractivity contribution in [2.24, 2.45) is 0 Å². The Labute approximate surface area is 198 Å². The second-order valence-corrected chi connectivity index (χ2v) is 9.98. The number of aryl methyl sites for hydroxylation is 1. The minimum Gasteiger partial charge on any atom is -0.475 e. The maximum absolute atomic E-state index is 13.6. The van der Waals surface area contributed by atoms with Gasteiger partial charge in [-0.15, -0.1) is 0 Å². The smallest absolute Gasteiger partial charge is 0.430 e. The summed E-state index contributed by atoms with van der Waals surface area (Å²) in [6, 6.07) is -0.0939. The lowest BCUT2D eigenvalue weighted by molar-refractivity contribution is -0.675. The van der Waals surface area contributed by atoms with E-state index in [0.29, 0.717) is 6.08 Å². The molecule has 2 N–H and O–H groups in total. The van der Waals surface area contributed by atoms with Crippen LogP contribution in [0.2, 0.25) is 0 Å². The van der Waals surface area contributed by atoms with Gasteiger partial charge in [-0.05, 0) is 42.8 Å². The van der Waals surface area contributed by atoms with Crippen LogP contribution in [0.5, 0.6) is 5.75 Å². The van der Waals surface area contributed by atoms with Gasteiger partial charge in [-0.3, -0.25) is 0 Å². The molecule has 1 unspecified atom stereocenters. The van der Waals surface area contributed by atoms with Crippen molar-refractivity contribution in [1.82, 2.24) is 10.5 Å². The number of alkyl halides is 3. The first-order valence-corrected chi connectivity index (χ1v) is 11.9. The van der Waals surface area contributed by atoms with E-state index in [0.717, 1.165) is 0 Å². The van der Waals surface area contributed by atoms with Gasteiger partial charge in [-0.25, -0.2) is 9.69 Å². The summed E-state index contributed by atoms with van der Waals surface area (Å²) in [5.41, 5.74) is -1.01. The van der Waals surface area contributed by atoms with E-state index in [1.807, 2.05) is 0 Å². The number of hydrazine groups is 1. The third kappa shape index (κ3) is 7.65. The molecule has 0 saturated carbocycles. The molecule has 1 atom stereocenters. The monoisotopic (exact) mass is 560 g/mol. The summed E-state index contributed by atoms with van der Waals surface area (Å²) in [5.74, 6) is -2.50. The van der Waals surface area contributed by atoms with Gasteiger partial charge in [0.05, 0.1) is 17.1 Å². The number of ether oxygens (including phenoxy) is 2. The van der Waals surface area contributed by atoms with E-state index in [1.165, 1.54) is 18.9 Å². The third-order valence-corrected chi connectivity index (χ3v) is 5.75. The van der Waals surface area contributed by atoms with E-state index in [-0.39, 0.29) is 43.2 Å². The third-order valence-electron chi connectivity index (χ3n) is 4.62. The van der Waals surface area contributed by atoms with Crippen molar-refractivity contribution in [3.05, 3.63) is 33.7 Å². The Morgan fingerprint density at radius 3 is 2.42 bits per heavy atom. The number of likely N-dealkylation sites (N-methyl/N-ethyl adjacent to an activating group) is 1. The molecule has 0 spiro atoms. The number of halogens is 8. The van der Waals surface area contributed by atoms with Crippen LogP contribution in [0.4, 0.5) is 32.6 Å². The number of aliphatic hydroxyl groups is 1. The zero-order chi connectivity index (χ0) is 27.6. The van der Waals surface area contributed by atoms with E-state index in [9.17, 15) is 42.3 Å². The van der Waals surface area contributed by atoms with Gasteiger partial charge in [0, 0.05) is 12.1 Å². The molecule has 0 radical (unpaired) electrons. The highest BCUT2D eigenvalue weighted by Gasteiger charge is 2.66. The average Bonchev–Trinajstić information content (AvgIpc) is 2.72. The summed E-state index contributed by atoms with van der Waals surface area (Å²) >= 11 is 0. The second-order valence-electron chi connectivity index (χ2n) is 7.57. The van der Waals surface area contributed by atoms with E-state index in [1.54, 1.807) is 5.59 Å². The average molecular weight is 560 g/mol. The minimum atomic E-state index is -10.2. The molecule has 9 nitrogen and oxygen atoms in total. The lowest BCUT2D eigenvalue weighted by Gasteiger charge is -2.41. The van der Waals surface area contributed by atoms with Crippen molar-refractivity contribution in [2.75, 3.05) is 33.7 Å². The van der Waals surface area contributed by atoms with Crippen LogP contribution in [0.15, 0.2) is 22.6 Å². The molecule has 1 aliphatic rings. The maximum Gasteiger partial charge on any atom is 0.430 e. The summed E-state index contributed by atoms with van der Waals surface area (Å²) in [7, 11) is -8.77. The first-order chi connectivity index (χ1) is 16.3. The van der Waals surface area contributed by atoms with Crippen molar-refractivity contribution < 1.29 is 61.7 Å². The number of aliphatic hydroxyl groups excluding tert-OH is 1. The van der Waals surface area contributed by atoms with Gasteiger partial charge >= 0.3 is 22.4 Å². The van der Waals surface area contributed by atoms with Crippen LogP contribution >= 0.6 is 10.2 Å². The number of fused-ring (bicyclic) bond motifs is 1. The van der Waals surface area contributed by atoms with Crippen LogP contribution in [-0.2, 0) is 20.8 Å². The van der Waals surface area contributed by atoms with Crippen molar-refractivity contribution in [3.8, 4) is 5.75 Å². The first-order valence-electron chi connectivity index (χ1n) is 9.91. The first kappa shape index (κ1) is 29.5. The van der Waals surface area contributed by atoms with Gasteiger partial charge in [-0.1, -0.05) is 26.4 Å². The largest absolute Gasteiger partial charge is 0.475 e. The highest BCUT2D eigenvalue weighted by atomic mass is 32.5. The highest BCUT2D eigenvalue weighted by Crippen LogP contribution is 3.02. The number of esters is 1. The summed E-state index contributed by atoms with van der Waals surface area (Å²) in [4.78, 5) is 27.3. The number of nitroso groups, excluding NO2 is 1. The molecule has 2 rings (SSSR count). The minimum absolute atomic E-state index is 0.0111. The number of hydrogen-bond donors (Lipinski definition) is 2. The zero-order valence-corrected chi connectivity index (χ0v) is 19.5. The standard InChI is InChI=1S/C18H22F8N3O6S/c1-3-11-6-13(36(22,23,24,25)26)7-12-8-14(16(18(19,20)21)35-15(11)12)17(31)33-10-34-27-29(32)9-28(2)4-5-30/h6-8,16,30H,3-5,9-10H2,1-2H3,(H,27,32)/q+1. The fourth-order valence-corrected chi connectivity index (χ4v) is 3.72. The van der Waals surface area contributed by atoms with Crippen molar-refractivity contribution in [1.29, 1.82) is 0 Å². The Balaban J connectivity index is 2.29. The number of carbonyl (C=O) groups is 1. The van der Waals surface area contributed by atoms with E-state index in [4.69, 9.17) is 9.84 Å². The summed E-state index contributed by atoms with van der Waals surface area (Å²) in [5, 5.41) is 8.74. The highest BCUT2D eigenvalue weighted by molar-refractivity contribution is 8.45. The molecule has 0 saturated heterocycles. The molecule has 1 aromatic carbocycles. The number of nitrogens with one attached hydrogen (secondary N) is 1. The molecule has 1 aliphatic heterocycles. The maximum atomic E-state index is 13.6. The molecule has 0 aliphatic carbocycles. The van der Waals surface area contributed by atoms with E-state index in [2.05, 4.69) is 9.57 Å². The Kier molecular flexibility index (Phi) is 7.91. The zero-order valence-electron chi connectivity index (χ0n) is 18.7. The molecule has 206 valence electrons. The summed E-state index contributed by atoms with van der Waals surface area (Å²) in [6.45, 7) is -0.383. The molecule has 1 heterocycles. The quantitative estimate of drug-likeness (QED) is 0.104. The summed E-state index contributed by atoms with van der Waals surface area (Å²) < 4.78 is 117. The van der Waals surface area contributed by atoms with Crippen LogP contribution < -0.4 is 10.3 Å². The molecule has 0 aromatic heterocycles. The van der Waals surface area contributed by atoms with Crippen molar-refractivity contribution in [2.45, 2.75) is 30.5 Å². The fourth-order valence-electron chi connectivity index (χ4n) is 3.01. The Morgan fingerprint density at radius 1 is 1.25 bits per heavy atom. The lowest BCUT2D eigenvalue weighted by atomic mass is 9.98. The summed E-state index contributed by atoms with van der Waals surface area (Å²) in [6.07, 6.45) is -8.29. The van der Waals surface area contributed by atoms with Crippen LogP contribution in [0.1, 0.15) is 18.1 Å². The van der Waals surface area contributed by atoms with Crippen LogP contribution in [0.25, 0.3) is 6.08 Å². The number of benzene rings is 1. The number of hydrogen-bond acceptors (Lipinski definition) is 7. The Morgan fingerprint density at radius 2 is 1.89 bits per heavy atom. The molecule has 0 bridgehead atoms. The van der Waals surface area contributed by atoms with Crippen LogP contribution in [0, 0.1) is 4.91 Å². The topological polar surface area (TPSA) is 100 Å². The fraction of sp³-hybridized carbons (Fsp3) is 0.500. The molecule has 36 heavy (non-hydrogen) atoms. The van der Waals surface area contributed by atoms with Gasteiger partial charge in [0.1, 0.15) is 10.6 Å².